The van der Waals surface area contributed by atoms with Crippen molar-refractivity contribution in [3.05, 3.63) is 28.2 Å². The minimum atomic E-state index is 0.0431. The Kier molecular flexibility index (Phi) is 4.24. The predicted octanol–water partition coefficient (Wildman–Crippen LogP) is 1.62. The normalized spacial score (nSPS) is 19.1. The van der Waals surface area contributed by atoms with Gasteiger partial charge in [-0.3, -0.25) is 4.79 Å². The summed E-state index contributed by atoms with van der Waals surface area (Å²) in [4.78, 5) is 13.3. The first-order valence-electron chi connectivity index (χ1n) is 6.10. The fraction of sp³-hybridized carbons (Fsp3) is 0.462. The average Bonchev–Trinajstić information content (AvgIpc) is 2.76. The number of rotatable bonds is 3. The van der Waals surface area contributed by atoms with E-state index in [1.54, 1.807) is 6.92 Å². The van der Waals surface area contributed by atoms with Crippen LogP contribution < -0.4 is 16.0 Å². The smallest absolute Gasteiger partial charge is 0.217 e. The zero-order valence-electron chi connectivity index (χ0n) is 10.4. The number of nitrogens with one attached hydrogen (secondary N) is 1. The van der Waals surface area contributed by atoms with Gasteiger partial charge < -0.3 is 16.0 Å². The Hall–Kier alpha value is -1.07. The van der Waals surface area contributed by atoms with Gasteiger partial charge in [0.05, 0.1) is 0 Å². The summed E-state index contributed by atoms with van der Waals surface area (Å²) in [5.74, 6) is 0.0431. The van der Waals surface area contributed by atoms with Crippen LogP contribution in [0.1, 0.15) is 18.9 Å². The molecule has 2 rings (SSSR count). The van der Waals surface area contributed by atoms with Crippen molar-refractivity contribution in [1.29, 1.82) is 0 Å². The SMILES string of the molecule is CC(=O)NC1CCN(c2ccc(CN)c(Br)c2)C1. The number of carbonyl (C=O) groups excluding carboxylic acids is 1. The molecule has 0 spiro atoms. The Morgan fingerprint density at radius 2 is 2.39 bits per heavy atom. The van der Waals surface area contributed by atoms with Crippen molar-refractivity contribution in [2.45, 2.75) is 25.9 Å². The second-order valence-corrected chi connectivity index (χ2v) is 5.47. The van der Waals surface area contributed by atoms with Gasteiger partial charge >= 0.3 is 0 Å². The Morgan fingerprint density at radius 3 is 3.00 bits per heavy atom. The number of anilines is 1. The minimum Gasteiger partial charge on any atom is -0.369 e. The maximum Gasteiger partial charge on any atom is 0.217 e. The van der Waals surface area contributed by atoms with Crippen LogP contribution >= 0.6 is 15.9 Å². The van der Waals surface area contributed by atoms with Gasteiger partial charge in [-0.25, -0.2) is 0 Å². The monoisotopic (exact) mass is 311 g/mol. The zero-order chi connectivity index (χ0) is 13.1. The number of benzene rings is 1. The summed E-state index contributed by atoms with van der Waals surface area (Å²) in [5.41, 5.74) is 7.92. The molecule has 98 valence electrons. The summed E-state index contributed by atoms with van der Waals surface area (Å²) in [6.07, 6.45) is 0.996. The molecule has 4 nitrogen and oxygen atoms in total. The number of nitrogens with two attached hydrogens (primary N) is 1. The van der Waals surface area contributed by atoms with Gasteiger partial charge in [0, 0.05) is 42.8 Å². The van der Waals surface area contributed by atoms with Crippen LogP contribution in [-0.4, -0.2) is 25.0 Å². The fourth-order valence-electron chi connectivity index (χ4n) is 2.30. The van der Waals surface area contributed by atoms with E-state index in [1.165, 1.54) is 5.69 Å². The molecule has 1 fully saturated rings. The lowest BCUT2D eigenvalue weighted by Crippen LogP contribution is -2.35. The lowest BCUT2D eigenvalue weighted by molar-refractivity contribution is -0.119. The molecule has 1 unspecified atom stereocenters. The maximum absolute atomic E-state index is 11.0. The zero-order valence-corrected chi connectivity index (χ0v) is 12.0. The molecule has 18 heavy (non-hydrogen) atoms. The molecular weight excluding hydrogens is 294 g/mol. The van der Waals surface area contributed by atoms with Crippen LogP contribution in [0.5, 0.6) is 0 Å². The third-order valence-corrected chi connectivity index (χ3v) is 3.96. The van der Waals surface area contributed by atoms with E-state index in [2.05, 4.69) is 38.3 Å². The predicted molar refractivity (Wildman–Crippen MR) is 76.5 cm³/mol. The highest BCUT2D eigenvalue weighted by Crippen LogP contribution is 2.26. The van der Waals surface area contributed by atoms with E-state index >= 15 is 0 Å². The average molecular weight is 312 g/mol. The van der Waals surface area contributed by atoms with Crippen molar-refractivity contribution in [2.24, 2.45) is 5.73 Å². The summed E-state index contributed by atoms with van der Waals surface area (Å²) >= 11 is 3.53. The van der Waals surface area contributed by atoms with Gasteiger partial charge in [0.1, 0.15) is 0 Å². The molecule has 1 aromatic carbocycles. The maximum atomic E-state index is 11.0. The van der Waals surface area contributed by atoms with Crippen LogP contribution in [0, 0.1) is 0 Å². The van der Waals surface area contributed by atoms with Crippen LogP contribution in [0.4, 0.5) is 5.69 Å². The van der Waals surface area contributed by atoms with Crippen molar-refractivity contribution in [3.8, 4) is 0 Å². The molecule has 1 aliphatic rings. The van der Waals surface area contributed by atoms with Crippen molar-refractivity contribution >= 4 is 27.5 Å². The van der Waals surface area contributed by atoms with E-state index in [4.69, 9.17) is 5.73 Å². The van der Waals surface area contributed by atoms with E-state index in [9.17, 15) is 4.79 Å². The van der Waals surface area contributed by atoms with Crippen LogP contribution in [-0.2, 0) is 11.3 Å². The molecule has 0 aliphatic carbocycles. The lowest BCUT2D eigenvalue weighted by Gasteiger charge is -2.20. The number of hydrogen-bond donors (Lipinski definition) is 2. The number of nitrogens with zero attached hydrogens (tertiary/aromatic N) is 1. The molecule has 0 aromatic heterocycles. The molecule has 1 heterocycles. The molecule has 0 saturated carbocycles. The largest absolute Gasteiger partial charge is 0.369 e. The lowest BCUT2D eigenvalue weighted by atomic mass is 10.2. The van der Waals surface area contributed by atoms with E-state index in [-0.39, 0.29) is 11.9 Å². The second kappa shape index (κ2) is 5.71. The third-order valence-electron chi connectivity index (χ3n) is 3.22. The summed E-state index contributed by atoms with van der Waals surface area (Å²) in [6.45, 7) is 3.94. The van der Waals surface area contributed by atoms with Gasteiger partial charge in [-0.2, -0.15) is 0 Å². The van der Waals surface area contributed by atoms with Crippen molar-refractivity contribution in [3.63, 3.8) is 0 Å². The van der Waals surface area contributed by atoms with Gasteiger partial charge in [0.2, 0.25) is 5.91 Å². The summed E-state index contributed by atoms with van der Waals surface area (Å²) in [6, 6.07) is 6.49. The van der Waals surface area contributed by atoms with Crippen LogP contribution in [0.25, 0.3) is 0 Å². The molecule has 0 bridgehead atoms. The first-order chi connectivity index (χ1) is 8.60. The van der Waals surface area contributed by atoms with Gasteiger partial charge in [-0.15, -0.1) is 0 Å². The molecule has 1 aromatic rings. The minimum absolute atomic E-state index is 0.0431. The Bertz CT molecular complexity index is 450. The van der Waals surface area contributed by atoms with Gasteiger partial charge in [-0.05, 0) is 24.1 Å². The number of hydrogen-bond acceptors (Lipinski definition) is 3. The molecule has 1 amide bonds. The topological polar surface area (TPSA) is 58.4 Å². The fourth-order valence-corrected chi connectivity index (χ4v) is 2.83. The van der Waals surface area contributed by atoms with Crippen LogP contribution in [0.3, 0.4) is 0 Å². The Labute approximate surface area is 116 Å². The standard InChI is InChI=1S/C13H18BrN3O/c1-9(18)16-11-4-5-17(8-11)12-3-2-10(7-15)13(14)6-12/h2-3,6,11H,4-5,7-8,15H2,1H3,(H,16,18). The van der Waals surface area contributed by atoms with Crippen molar-refractivity contribution in [1.82, 2.24) is 5.32 Å². The summed E-state index contributed by atoms with van der Waals surface area (Å²) in [7, 11) is 0. The highest BCUT2D eigenvalue weighted by Gasteiger charge is 2.23. The number of halogens is 1. The van der Waals surface area contributed by atoms with Gasteiger partial charge in [0.25, 0.3) is 0 Å². The van der Waals surface area contributed by atoms with Gasteiger partial charge in [-0.1, -0.05) is 22.0 Å². The second-order valence-electron chi connectivity index (χ2n) is 4.61. The molecule has 0 radical (unpaired) electrons. The number of amides is 1. The molecule has 5 heteroatoms. The Balaban J connectivity index is 2.05. The van der Waals surface area contributed by atoms with Crippen LogP contribution in [0.15, 0.2) is 22.7 Å². The van der Waals surface area contributed by atoms with Crippen molar-refractivity contribution < 1.29 is 4.79 Å². The third kappa shape index (κ3) is 3.03. The van der Waals surface area contributed by atoms with Crippen molar-refractivity contribution in [2.75, 3.05) is 18.0 Å². The van der Waals surface area contributed by atoms with Crippen LogP contribution in [0.2, 0.25) is 0 Å². The first-order valence-corrected chi connectivity index (χ1v) is 6.90. The molecule has 1 aliphatic heterocycles. The van der Waals surface area contributed by atoms with Gasteiger partial charge in [0.15, 0.2) is 0 Å². The highest BCUT2D eigenvalue weighted by molar-refractivity contribution is 9.10. The van der Waals surface area contributed by atoms with E-state index < -0.39 is 0 Å². The number of carbonyl (C=O) groups is 1. The molecule has 1 atom stereocenters. The summed E-state index contributed by atoms with van der Waals surface area (Å²) in [5, 5.41) is 2.97. The Morgan fingerprint density at radius 1 is 1.61 bits per heavy atom. The van der Waals surface area contributed by atoms with E-state index in [0.29, 0.717) is 6.54 Å². The quantitative estimate of drug-likeness (QED) is 0.892. The molecule has 3 N–H and O–H groups in total. The summed E-state index contributed by atoms with van der Waals surface area (Å²) < 4.78 is 1.05. The molecule has 1 saturated heterocycles. The molecular formula is C13H18BrN3O. The van der Waals surface area contributed by atoms with E-state index in [0.717, 1.165) is 29.5 Å². The first kappa shape index (κ1) is 13.4. The highest BCUT2D eigenvalue weighted by atomic mass is 79.9. The van der Waals surface area contributed by atoms with E-state index in [1.807, 2.05) is 6.07 Å².